The largest absolute Gasteiger partial charge is 0.449 e. The monoisotopic (exact) mass is 221 g/mol. The van der Waals surface area contributed by atoms with Crippen LogP contribution in [0.5, 0.6) is 0 Å². The van der Waals surface area contributed by atoms with Crippen molar-refractivity contribution in [3.63, 3.8) is 0 Å². The number of nitrogens with two attached hydrogens (primary N) is 1. The van der Waals surface area contributed by atoms with Crippen LogP contribution in [0.1, 0.15) is 28.4 Å². The summed E-state index contributed by atoms with van der Waals surface area (Å²) in [5.41, 5.74) is 7.33. The van der Waals surface area contributed by atoms with Gasteiger partial charge in [0.2, 0.25) is 0 Å². The number of rotatable bonds is 3. The molecule has 1 amide bonds. The maximum absolute atomic E-state index is 11.7. The molecule has 86 valence electrons. The highest BCUT2D eigenvalue weighted by molar-refractivity contribution is 5.93. The molecule has 0 fully saturated rings. The van der Waals surface area contributed by atoms with E-state index in [1.807, 2.05) is 19.9 Å². The Morgan fingerprint density at radius 1 is 1.31 bits per heavy atom. The van der Waals surface area contributed by atoms with E-state index in [0.717, 1.165) is 11.1 Å². The lowest BCUT2D eigenvalue weighted by molar-refractivity contribution is -0.125. The van der Waals surface area contributed by atoms with Gasteiger partial charge in [0.15, 0.2) is 6.10 Å². The molecule has 1 aromatic rings. The molecule has 0 aliphatic rings. The van der Waals surface area contributed by atoms with Gasteiger partial charge in [-0.15, -0.1) is 0 Å². The molecule has 4 nitrogen and oxygen atoms in total. The first-order valence-corrected chi connectivity index (χ1v) is 5.00. The number of hydrogen-bond donors (Lipinski definition) is 1. The topological polar surface area (TPSA) is 69.4 Å². The van der Waals surface area contributed by atoms with E-state index in [-0.39, 0.29) is 0 Å². The van der Waals surface area contributed by atoms with Gasteiger partial charge in [0.05, 0.1) is 5.56 Å². The van der Waals surface area contributed by atoms with E-state index in [9.17, 15) is 9.59 Å². The summed E-state index contributed by atoms with van der Waals surface area (Å²) in [7, 11) is 0. The summed E-state index contributed by atoms with van der Waals surface area (Å²) in [6, 6.07) is 5.34. The van der Waals surface area contributed by atoms with Crippen molar-refractivity contribution in [1.29, 1.82) is 0 Å². The molecule has 0 aromatic heterocycles. The van der Waals surface area contributed by atoms with Crippen LogP contribution in [0.15, 0.2) is 18.2 Å². The molecule has 0 spiro atoms. The van der Waals surface area contributed by atoms with Crippen LogP contribution in [0.4, 0.5) is 0 Å². The maximum Gasteiger partial charge on any atom is 0.339 e. The summed E-state index contributed by atoms with van der Waals surface area (Å²) in [6.07, 6.45) is -0.910. The number of primary amides is 1. The van der Waals surface area contributed by atoms with Crippen molar-refractivity contribution >= 4 is 11.9 Å². The summed E-state index contributed by atoms with van der Waals surface area (Å²) < 4.78 is 4.92. The highest BCUT2D eigenvalue weighted by atomic mass is 16.5. The van der Waals surface area contributed by atoms with E-state index in [0.29, 0.717) is 5.56 Å². The van der Waals surface area contributed by atoms with Crippen molar-refractivity contribution in [3.8, 4) is 0 Å². The zero-order chi connectivity index (χ0) is 12.3. The predicted molar refractivity (Wildman–Crippen MR) is 60.0 cm³/mol. The van der Waals surface area contributed by atoms with Gasteiger partial charge in [-0.1, -0.05) is 12.1 Å². The van der Waals surface area contributed by atoms with E-state index in [1.165, 1.54) is 6.92 Å². The van der Waals surface area contributed by atoms with Crippen LogP contribution >= 0.6 is 0 Å². The quantitative estimate of drug-likeness (QED) is 0.783. The van der Waals surface area contributed by atoms with E-state index in [4.69, 9.17) is 10.5 Å². The average molecular weight is 221 g/mol. The molecule has 4 heteroatoms. The summed E-state index contributed by atoms with van der Waals surface area (Å²) in [4.78, 5) is 22.5. The van der Waals surface area contributed by atoms with Crippen LogP contribution in [0.2, 0.25) is 0 Å². The zero-order valence-corrected chi connectivity index (χ0v) is 9.61. The number of ether oxygens (including phenoxy) is 1. The highest BCUT2D eigenvalue weighted by Gasteiger charge is 2.17. The molecule has 0 radical (unpaired) electrons. The Hall–Kier alpha value is -1.84. The van der Waals surface area contributed by atoms with Crippen LogP contribution in [0.25, 0.3) is 0 Å². The van der Waals surface area contributed by atoms with Crippen molar-refractivity contribution in [2.45, 2.75) is 26.9 Å². The second-order valence-electron chi connectivity index (χ2n) is 3.70. The van der Waals surface area contributed by atoms with Crippen molar-refractivity contribution < 1.29 is 14.3 Å². The summed E-state index contributed by atoms with van der Waals surface area (Å²) in [5, 5.41) is 0. The molecular weight excluding hydrogens is 206 g/mol. The average Bonchev–Trinajstić information content (AvgIpc) is 2.21. The first-order valence-electron chi connectivity index (χ1n) is 5.00. The Labute approximate surface area is 94.4 Å². The summed E-state index contributed by atoms with van der Waals surface area (Å²) in [5.74, 6) is -1.17. The molecule has 0 aliphatic carbocycles. The molecule has 1 rings (SSSR count). The molecule has 16 heavy (non-hydrogen) atoms. The first-order chi connectivity index (χ1) is 7.43. The zero-order valence-electron chi connectivity index (χ0n) is 9.61. The fourth-order valence-electron chi connectivity index (χ4n) is 1.25. The van der Waals surface area contributed by atoms with Gasteiger partial charge in [0.25, 0.3) is 5.91 Å². The Kier molecular flexibility index (Phi) is 3.66. The molecule has 0 heterocycles. The minimum atomic E-state index is -0.910. The number of hydrogen-bond acceptors (Lipinski definition) is 3. The van der Waals surface area contributed by atoms with Crippen LogP contribution in [-0.2, 0) is 9.53 Å². The molecule has 0 bridgehead atoms. The Bertz CT molecular complexity index is 426. The van der Waals surface area contributed by atoms with E-state index >= 15 is 0 Å². The van der Waals surface area contributed by atoms with Crippen LogP contribution in [-0.4, -0.2) is 18.0 Å². The van der Waals surface area contributed by atoms with Crippen LogP contribution < -0.4 is 5.73 Å². The predicted octanol–water partition coefficient (Wildman–Crippen LogP) is 1.33. The number of esters is 1. The lowest BCUT2D eigenvalue weighted by Crippen LogP contribution is -2.30. The highest BCUT2D eigenvalue weighted by Crippen LogP contribution is 2.14. The van der Waals surface area contributed by atoms with Crippen molar-refractivity contribution in [3.05, 3.63) is 34.9 Å². The van der Waals surface area contributed by atoms with Gasteiger partial charge in [-0.2, -0.15) is 0 Å². The molecule has 0 saturated carbocycles. The second-order valence-corrected chi connectivity index (χ2v) is 3.70. The third-order valence-corrected chi connectivity index (χ3v) is 2.51. The van der Waals surface area contributed by atoms with Gasteiger partial charge < -0.3 is 10.5 Å². The van der Waals surface area contributed by atoms with Crippen molar-refractivity contribution in [1.82, 2.24) is 0 Å². The summed E-state index contributed by atoms with van der Waals surface area (Å²) in [6.45, 7) is 5.19. The van der Waals surface area contributed by atoms with E-state index in [1.54, 1.807) is 12.1 Å². The number of benzene rings is 1. The standard InChI is InChI=1S/C12H15NO3/c1-7-5-4-6-10(8(7)2)12(15)16-9(3)11(13)14/h4-6,9H,1-3H3,(H2,13,14). The SMILES string of the molecule is Cc1cccc(C(=O)OC(C)C(N)=O)c1C. The number of amides is 1. The van der Waals surface area contributed by atoms with Gasteiger partial charge in [-0.05, 0) is 38.0 Å². The molecular formula is C12H15NO3. The van der Waals surface area contributed by atoms with Crippen molar-refractivity contribution in [2.75, 3.05) is 0 Å². The molecule has 1 unspecified atom stereocenters. The fourth-order valence-corrected chi connectivity index (χ4v) is 1.25. The second kappa shape index (κ2) is 4.79. The minimum Gasteiger partial charge on any atom is -0.449 e. The lowest BCUT2D eigenvalue weighted by atomic mass is 10.0. The normalized spacial score (nSPS) is 11.9. The number of carbonyl (C=O) groups is 2. The third kappa shape index (κ3) is 2.59. The van der Waals surface area contributed by atoms with E-state index in [2.05, 4.69) is 0 Å². The van der Waals surface area contributed by atoms with Crippen LogP contribution in [0.3, 0.4) is 0 Å². The Morgan fingerprint density at radius 3 is 2.50 bits per heavy atom. The fraction of sp³-hybridized carbons (Fsp3) is 0.333. The van der Waals surface area contributed by atoms with Crippen LogP contribution in [0, 0.1) is 13.8 Å². The summed E-state index contributed by atoms with van der Waals surface area (Å²) >= 11 is 0. The van der Waals surface area contributed by atoms with Gasteiger partial charge in [-0.3, -0.25) is 4.79 Å². The first kappa shape index (κ1) is 12.2. The Morgan fingerprint density at radius 2 is 1.94 bits per heavy atom. The smallest absolute Gasteiger partial charge is 0.339 e. The Balaban J connectivity index is 2.89. The maximum atomic E-state index is 11.7. The van der Waals surface area contributed by atoms with Crippen molar-refractivity contribution in [2.24, 2.45) is 5.73 Å². The molecule has 1 aromatic carbocycles. The number of aryl methyl sites for hydroxylation is 1. The third-order valence-electron chi connectivity index (χ3n) is 2.51. The van der Waals surface area contributed by atoms with Gasteiger partial charge in [-0.25, -0.2) is 4.79 Å². The molecule has 0 aliphatic heterocycles. The number of carbonyl (C=O) groups excluding carboxylic acids is 2. The van der Waals surface area contributed by atoms with E-state index < -0.39 is 18.0 Å². The molecule has 2 N–H and O–H groups in total. The van der Waals surface area contributed by atoms with Gasteiger partial charge in [0, 0.05) is 0 Å². The minimum absolute atomic E-state index is 0.466. The van der Waals surface area contributed by atoms with Gasteiger partial charge >= 0.3 is 5.97 Å². The molecule has 1 atom stereocenters. The van der Waals surface area contributed by atoms with Gasteiger partial charge in [0.1, 0.15) is 0 Å². The lowest BCUT2D eigenvalue weighted by Gasteiger charge is -2.11. The molecule has 0 saturated heterocycles.